The number of hydrogen-bond acceptors (Lipinski definition) is 3. The van der Waals surface area contributed by atoms with Gasteiger partial charge in [-0.05, 0) is 55.0 Å². The number of amides is 1. The summed E-state index contributed by atoms with van der Waals surface area (Å²) in [6.07, 6.45) is 2.74. The van der Waals surface area contributed by atoms with E-state index in [1.165, 1.54) is 18.2 Å². The molecule has 1 aromatic heterocycles. The number of rotatable bonds is 2. The zero-order valence-electron chi connectivity index (χ0n) is 15.7. The first kappa shape index (κ1) is 18.6. The van der Waals surface area contributed by atoms with Crippen molar-refractivity contribution >= 4 is 28.5 Å². The topological polar surface area (TPSA) is 58.4 Å². The number of para-hydroxylation sites is 2. The van der Waals surface area contributed by atoms with E-state index in [1.807, 2.05) is 24.3 Å². The van der Waals surface area contributed by atoms with Gasteiger partial charge in [-0.15, -0.1) is 0 Å². The third kappa shape index (κ3) is 3.20. The molecule has 3 aromatic rings. The molecule has 1 aliphatic heterocycles. The second kappa shape index (κ2) is 7.11. The number of aliphatic hydroxyl groups excluding tert-OH is 1. The maximum atomic E-state index is 13.3. The monoisotopic (exact) mass is 413 g/mol. The van der Waals surface area contributed by atoms with Gasteiger partial charge >= 0.3 is 0 Å². The molecule has 5 rings (SSSR count). The van der Waals surface area contributed by atoms with E-state index < -0.39 is 11.9 Å². The van der Waals surface area contributed by atoms with E-state index in [4.69, 9.17) is 11.6 Å². The van der Waals surface area contributed by atoms with Crippen molar-refractivity contribution in [3.8, 4) is 0 Å². The number of fused-ring (bicyclic) bond motifs is 2. The minimum absolute atomic E-state index is 0.0619. The smallest absolute Gasteiger partial charge is 0.255 e. The van der Waals surface area contributed by atoms with Crippen molar-refractivity contribution in [1.29, 1.82) is 0 Å². The van der Waals surface area contributed by atoms with Crippen LogP contribution < -0.4 is 0 Å². The van der Waals surface area contributed by atoms with Crippen LogP contribution >= 0.6 is 11.6 Å². The van der Waals surface area contributed by atoms with E-state index >= 15 is 0 Å². The molecule has 2 aromatic carbocycles. The Morgan fingerprint density at radius 3 is 2.69 bits per heavy atom. The van der Waals surface area contributed by atoms with Gasteiger partial charge in [-0.25, -0.2) is 9.37 Å². The average Bonchev–Trinajstić information content (AvgIpc) is 3.30. The molecule has 1 amide bonds. The highest BCUT2D eigenvalue weighted by molar-refractivity contribution is 6.33. The van der Waals surface area contributed by atoms with Crippen LogP contribution in [0.25, 0.3) is 11.0 Å². The summed E-state index contributed by atoms with van der Waals surface area (Å²) in [5.41, 5.74) is 2.25. The number of aromatic nitrogens is 2. The number of halogens is 2. The first-order valence-electron chi connectivity index (χ1n) is 9.85. The van der Waals surface area contributed by atoms with Crippen molar-refractivity contribution in [2.75, 3.05) is 13.1 Å². The van der Waals surface area contributed by atoms with Gasteiger partial charge in [0.05, 0.1) is 40.1 Å². The molecule has 1 saturated carbocycles. The molecule has 1 saturated heterocycles. The SMILES string of the molecule is O=C(c1ccc(F)cc1Cl)N1C[C@H]2C[C@@H](n3cnc4ccccc43)[C@H](O)C[C@H]2C1. The predicted octanol–water partition coefficient (Wildman–Crippen LogP) is 3.91. The first-order chi connectivity index (χ1) is 14.0. The van der Waals surface area contributed by atoms with Gasteiger partial charge < -0.3 is 14.6 Å². The van der Waals surface area contributed by atoms with Crippen LogP contribution in [0.1, 0.15) is 29.2 Å². The summed E-state index contributed by atoms with van der Waals surface area (Å²) in [4.78, 5) is 19.2. The summed E-state index contributed by atoms with van der Waals surface area (Å²) in [6.45, 7) is 1.21. The molecule has 0 spiro atoms. The summed E-state index contributed by atoms with van der Waals surface area (Å²) < 4.78 is 15.4. The molecule has 7 heteroatoms. The normalized spacial score (nSPS) is 26.7. The van der Waals surface area contributed by atoms with Gasteiger partial charge in [-0.3, -0.25) is 4.79 Å². The lowest BCUT2D eigenvalue weighted by molar-refractivity contribution is 0.0374. The standard InChI is InChI=1S/C22H21ClFN3O2/c23-17-9-15(24)5-6-16(17)22(29)26-10-13-7-20(21(28)8-14(13)11-26)27-12-25-18-3-1-2-4-19(18)27/h1-6,9,12-14,20-21,28H,7-8,10-11H2/t13-,14+,20-,21-/m1/s1. The molecule has 2 heterocycles. The van der Waals surface area contributed by atoms with E-state index in [1.54, 1.807) is 11.2 Å². The Hall–Kier alpha value is -2.44. The predicted molar refractivity (Wildman–Crippen MR) is 108 cm³/mol. The lowest BCUT2D eigenvalue weighted by Gasteiger charge is -2.36. The van der Waals surface area contributed by atoms with E-state index in [0.29, 0.717) is 31.0 Å². The summed E-state index contributed by atoms with van der Waals surface area (Å²) in [6, 6.07) is 11.7. The fourth-order valence-corrected chi connectivity index (χ4v) is 5.20. The van der Waals surface area contributed by atoms with Crippen molar-refractivity contribution < 1.29 is 14.3 Å². The van der Waals surface area contributed by atoms with Gasteiger partial charge in [0.2, 0.25) is 0 Å². The summed E-state index contributed by atoms with van der Waals surface area (Å²) >= 11 is 6.09. The third-order valence-electron chi connectivity index (χ3n) is 6.40. The fourth-order valence-electron chi connectivity index (χ4n) is 4.95. The molecule has 2 aliphatic rings. The van der Waals surface area contributed by atoms with Gasteiger partial charge in [0, 0.05) is 13.1 Å². The van der Waals surface area contributed by atoms with Crippen molar-refractivity contribution in [3.63, 3.8) is 0 Å². The highest BCUT2D eigenvalue weighted by atomic mass is 35.5. The Kier molecular flexibility index (Phi) is 4.56. The lowest BCUT2D eigenvalue weighted by Crippen LogP contribution is -2.36. The molecule has 5 nitrogen and oxygen atoms in total. The van der Waals surface area contributed by atoms with Gasteiger partial charge in [0.15, 0.2) is 0 Å². The van der Waals surface area contributed by atoms with Crippen LogP contribution in [0, 0.1) is 17.7 Å². The minimum atomic E-state index is -0.488. The van der Waals surface area contributed by atoms with Crippen LogP contribution in [0.3, 0.4) is 0 Å². The number of imidazole rings is 1. The molecule has 1 aliphatic carbocycles. The number of hydrogen-bond donors (Lipinski definition) is 1. The Balaban J connectivity index is 1.36. The fraction of sp³-hybridized carbons (Fsp3) is 0.364. The quantitative estimate of drug-likeness (QED) is 0.693. The van der Waals surface area contributed by atoms with Gasteiger partial charge in [0.25, 0.3) is 5.91 Å². The summed E-state index contributed by atoms with van der Waals surface area (Å²) in [5, 5.41) is 11.0. The van der Waals surface area contributed by atoms with Gasteiger partial charge in [-0.1, -0.05) is 23.7 Å². The zero-order valence-corrected chi connectivity index (χ0v) is 16.5. The number of likely N-dealkylation sites (tertiary alicyclic amines) is 1. The number of carbonyl (C=O) groups is 1. The van der Waals surface area contributed by atoms with Crippen molar-refractivity contribution in [3.05, 3.63) is 65.2 Å². The lowest BCUT2D eigenvalue weighted by atomic mass is 9.77. The van der Waals surface area contributed by atoms with Crippen molar-refractivity contribution in [2.45, 2.75) is 25.0 Å². The highest BCUT2D eigenvalue weighted by Crippen LogP contribution is 2.42. The Labute approximate surface area is 172 Å². The van der Waals surface area contributed by atoms with E-state index in [0.717, 1.165) is 17.5 Å². The van der Waals surface area contributed by atoms with E-state index in [9.17, 15) is 14.3 Å². The molecular formula is C22H21ClFN3O2. The van der Waals surface area contributed by atoms with Crippen LogP contribution in [0.15, 0.2) is 48.8 Å². The van der Waals surface area contributed by atoms with E-state index in [-0.39, 0.29) is 22.9 Å². The minimum Gasteiger partial charge on any atom is -0.391 e. The van der Waals surface area contributed by atoms with Crippen LogP contribution in [0.4, 0.5) is 4.39 Å². The molecule has 2 fully saturated rings. The molecular weight excluding hydrogens is 393 g/mol. The van der Waals surface area contributed by atoms with Gasteiger partial charge in [0.1, 0.15) is 5.82 Å². The molecule has 4 atom stereocenters. The second-order valence-electron chi connectivity index (χ2n) is 8.10. The maximum absolute atomic E-state index is 13.3. The summed E-state index contributed by atoms with van der Waals surface area (Å²) in [7, 11) is 0. The van der Waals surface area contributed by atoms with Crippen LogP contribution in [-0.4, -0.2) is 44.7 Å². The van der Waals surface area contributed by atoms with Crippen LogP contribution in [0.2, 0.25) is 5.02 Å². The number of carbonyl (C=O) groups excluding carboxylic acids is 1. The average molecular weight is 414 g/mol. The Morgan fingerprint density at radius 2 is 1.90 bits per heavy atom. The molecule has 0 radical (unpaired) electrons. The maximum Gasteiger partial charge on any atom is 0.255 e. The number of aliphatic hydroxyl groups is 1. The van der Waals surface area contributed by atoms with Crippen molar-refractivity contribution in [1.82, 2.24) is 14.5 Å². The van der Waals surface area contributed by atoms with Crippen molar-refractivity contribution in [2.24, 2.45) is 11.8 Å². The molecule has 0 unspecified atom stereocenters. The summed E-state index contributed by atoms with van der Waals surface area (Å²) in [5.74, 6) is -0.0874. The zero-order chi connectivity index (χ0) is 20.1. The molecule has 0 bridgehead atoms. The first-order valence-corrected chi connectivity index (χ1v) is 10.2. The van der Waals surface area contributed by atoms with Gasteiger partial charge in [-0.2, -0.15) is 0 Å². The highest BCUT2D eigenvalue weighted by Gasteiger charge is 2.44. The van der Waals surface area contributed by atoms with Crippen LogP contribution in [0.5, 0.6) is 0 Å². The molecule has 29 heavy (non-hydrogen) atoms. The Bertz CT molecular complexity index is 1080. The number of nitrogens with zero attached hydrogens (tertiary/aromatic N) is 3. The molecule has 1 N–H and O–H groups in total. The molecule has 150 valence electrons. The van der Waals surface area contributed by atoms with E-state index in [2.05, 4.69) is 9.55 Å². The second-order valence-corrected chi connectivity index (χ2v) is 8.51. The third-order valence-corrected chi connectivity index (χ3v) is 6.71. The number of benzene rings is 2. The van der Waals surface area contributed by atoms with Crippen LogP contribution in [-0.2, 0) is 0 Å². The largest absolute Gasteiger partial charge is 0.391 e. The Morgan fingerprint density at radius 1 is 1.14 bits per heavy atom.